The molecule has 112 valence electrons. The van der Waals surface area contributed by atoms with Crippen molar-refractivity contribution in [3.8, 4) is 0 Å². The van der Waals surface area contributed by atoms with Crippen LogP contribution < -0.4 is 10.5 Å². The molecule has 0 saturated carbocycles. The number of halogens is 2. The molecule has 1 rings (SSSR count). The highest BCUT2D eigenvalue weighted by molar-refractivity contribution is 7.91. The molecular formula is C11H20Cl2N2O2S2. The molecule has 0 bridgehead atoms. The molecule has 0 aliphatic rings. The van der Waals surface area contributed by atoms with Crippen LogP contribution >= 0.6 is 35.3 Å². The highest BCUT2D eigenvalue weighted by Gasteiger charge is 2.25. The zero-order valence-corrected chi connectivity index (χ0v) is 14.4. The lowest BCUT2D eigenvalue weighted by molar-refractivity contribution is 0.392. The normalized spacial score (nSPS) is 12.3. The van der Waals surface area contributed by atoms with Gasteiger partial charge in [-0.15, -0.1) is 23.7 Å². The minimum atomic E-state index is -3.51. The molecule has 1 aromatic heterocycles. The van der Waals surface area contributed by atoms with Gasteiger partial charge in [-0.3, -0.25) is 0 Å². The average Bonchev–Trinajstić information content (AvgIpc) is 2.68. The number of nitrogens with one attached hydrogen (secondary N) is 1. The zero-order chi connectivity index (χ0) is 14.0. The summed E-state index contributed by atoms with van der Waals surface area (Å²) >= 11 is 6.94. The minimum Gasteiger partial charge on any atom is -0.324 e. The van der Waals surface area contributed by atoms with E-state index in [1.54, 1.807) is 13.0 Å². The van der Waals surface area contributed by atoms with Crippen LogP contribution in [-0.4, -0.2) is 20.5 Å². The Hall–Kier alpha value is 0.150. The van der Waals surface area contributed by atoms with E-state index in [0.29, 0.717) is 4.34 Å². The number of hydrogen-bond acceptors (Lipinski definition) is 4. The lowest BCUT2D eigenvalue weighted by Gasteiger charge is -2.26. The molecule has 4 nitrogen and oxygen atoms in total. The van der Waals surface area contributed by atoms with Gasteiger partial charge in [0.2, 0.25) is 10.0 Å². The van der Waals surface area contributed by atoms with Crippen molar-refractivity contribution < 1.29 is 8.42 Å². The van der Waals surface area contributed by atoms with Crippen molar-refractivity contribution in [1.29, 1.82) is 0 Å². The molecule has 0 amide bonds. The van der Waals surface area contributed by atoms with Gasteiger partial charge in [0.05, 0.1) is 4.34 Å². The van der Waals surface area contributed by atoms with E-state index in [9.17, 15) is 8.42 Å². The number of hydrogen-bond donors (Lipinski definition) is 2. The van der Waals surface area contributed by atoms with Gasteiger partial charge in [-0.25, -0.2) is 13.1 Å². The van der Waals surface area contributed by atoms with Gasteiger partial charge in [0.1, 0.15) is 4.21 Å². The molecule has 1 heterocycles. The Morgan fingerprint density at radius 2 is 1.95 bits per heavy atom. The number of sulfonamides is 1. The highest BCUT2D eigenvalue weighted by Crippen LogP contribution is 2.30. The molecule has 0 saturated heterocycles. The summed E-state index contributed by atoms with van der Waals surface area (Å²) in [6.07, 6.45) is 1.44. The maximum absolute atomic E-state index is 12.1. The summed E-state index contributed by atoms with van der Waals surface area (Å²) in [6, 6.07) is 1.57. The number of rotatable bonds is 6. The third-order valence-electron chi connectivity index (χ3n) is 3.12. The highest BCUT2D eigenvalue weighted by atomic mass is 35.5. The largest absolute Gasteiger partial charge is 0.324 e. The van der Waals surface area contributed by atoms with Crippen LogP contribution in [0.25, 0.3) is 0 Å². The third-order valence-corrected chi connectivity index (χ3v) is 6.55. The van der Waals surface area contributed by atoms with E-state index in [-0.39, 0.29) is 23.2 Å². The Kier molecular flexibility index (Phi) is 7.30. The maximum atomic E-state index is 12.1. The van der Waals surface area contributed by atoms with Gasteiger partial charge in [-0.1, -0.05) is 25.4 Å². The number of nitrogens with two attached hydrogens (primary N) is 1. The Morgan fingerprint density at radius 3 is 2.32 bits per heavy atom. The summed E-state index contributed by atoms with van der Waals surface area (Å²) in [5.41, 5.74) is 6.34. The summed E-state index contributed by atoms with van der Waals surface area (Å²) in [4.78, 5) is 0. The van der Waals surface area contributed by atoms with Gasteiger partial charge in [0.15, 0.2) is 0 Å². The second kappa shape index (κ2) is 7.24. The first kappa shape index (κ1) is 19.1. The Balaban J connectivity index is 0.00000324. The van der Waals surface area contributed by atoms with Crippen molar-refractivity contribution in [3.05, 3.63) is 16.0 Å². The standard InChI is InChI=1S/C11H19ClN2O2S2.ClH/c1-4-11(13,5-2)7-14-18(15,16)9-6-8(3)10(12)17-9;/h6,14H,4-5,7,13H2,1-3H3;1H. The second-order valence-electron chi connectivity index (χ2n) is 4.42. The van der Waals surface area contributed by atoms with Crippen LogP contribution in [0.2, 0.25) is 4.34 Å². The second-order valence-corrected chi connectivity index (χ2v) is 8.06. The quantitative estimate of drug-likeness (QED) is 0.831. The van der Waals surface area contributed by atoms with Gasteiger partial charge in [-0.05, 0) is 31.4 Å². The van der Waals surface area contributed by atoms with E-state index in [2.05, 4.69) is 4.72 Å². The molecule has 3 N–H and O–H groups in total. The molecule has 0 atom stereocenters. The Morgan fingerprint density at radius 1 is 1.42 bits per heavy atom. The SMILES string of the molecule is CCC(N)(CC)CNS(=O)(=O)c1cc(C)c(Cl)s1.Cl. The molecule has 0 aliphatic carbocycles. The molecule has 0 fully saturated rings. The van der Waals surface area contributed by atoms with Crippen LogP contribution in [0, 0.1) is 6.92 Å². The number of aryl methyl sites for hydroxylation is 1. The lowest BCUT2D eigenvalue weighted by atomic mass is 9.95. The molecule has 0 aromatic carbocycles. The fraction of sp³-hybridized carbons (Fsp3) is 0.636. The average molecular weight is 347 g/mol. The number of thiophene rings is 1. The summed E-state index contributed by atoms with van der Waals surface area (Å²) in [5.74, 6) is 0. The predicted octanol–water partition coefficient (Wildman–Crippen LogP) is 2.93. The van der Waals surface area contributed by atoms with Crippen molar-refractivity contribution >= 4 is 45.4 Å². The Bertz CT molecular complexity index is 491. The lowest BCUT2D eigenvalue weighted by Crippen LogP contribution is -2.49. The van der Waals surface area contributed by atoms with Crippen LogP contribution in [0.1, 0.15) is 32.3 Å². The van der Waals surface area contributed by atoms with Crippen molar-refractivity contribution in [3.63, 3.8) is 0 Å². The molecule has 19 heavy (non-hydrogen) atoms. The van der Waals surface area contributed by atoms with Crippen LogP contribution in [0.3, 0.4) is 0 Å². The van der Waals surface area contributed by atoms with Crippen molar-refractivity contribution in [2.24, 2.45) is 5.73 Å². The summed E-state index contributed by atoms with van der Waals surface area (Å²) in [5, 5.41) is 0. The molecule has 0 unspecified atom stereocenters. The van der Waals surface area contributed by atoms with Gasteiger partial charge in [-0.2, -0.15) is 0 Å². The van der Waals surface area contributed by atoms with E-state index in [4.69, 9.17) is 17.3 Å². The fourth-order valence-corrected chi connectivity index (χ4v) is 4.26. The van der Waals surface area contributed by atoms with Crippen LogP contribution in [0.15, 0.2) is 10.3 Å². The van der Waals surface area contributed by atoms with E-state index in [0.717, 1.165) is 29.7 Å². The molecule has 0 aliphatic heterocycles. The molecule has 0 radical (unpaired) electrons. The van der Waals surface area contributed by atoms with E-state index in [1.807, 2.05) is 13.8 Å². The monoisotopic (exact) mass is 346 g/mol. The van der Waals surface area contributed by atoms with Crippen LogP contribution in [-0.2, 0) is 10.0 Å². The molecule has 8 heteroatoms. The van der Waals surface area contributed by atoms with Crippen molar-refractivity contribution in [2.45, 2.75) is 43.4 Å². The van der Waals surface area contributed by atoms with Gasteiger partial charge in [0, 0.05) is 12.1 Å². The van der Waals surface area contributed by atoms with Crippen molar-refractivity contribution in [1.82, 2.24) is 4.72 Å². The van der Waals surface area contributed by atoms with E-state index < -0.39 is 15.6 Å². The van der Waals surface area contributed by atoms with Gasteiger partial charge < -0.3 is 5.73 Å². The summed E-state index contributed by atoms with van der Waals surface area (Å²) < 4.78 is 27.4. The van der Waals surface area contributed by atoms with E-state index >= 15 is 0 Å². The van der Waals surface area contributed by atoms with Crippen molar-refractivity contribution in [2.75, 3.05) is 6.54 Å². The van der Waals surface area contributed by atoms with Crippen LogP contribution in [0.5, 0.6) is 0 Å². The fourth-order valence-electron chi connectivity index (χ4n) is 1.37. The summed E-state index contributed by atoms with van der Waals surface area (Å²) in [7, 11) is -3.51. The zero-order valence-electron chi connectivity index (χ0n) is 11.2. The van der Waals surface area contributed by atoms with E-state index in [1.165, 1.54) is 0 Å². The topological polar surface area (TPSA) is 72.2 Å². The smallest absolute Gasteiger partial charge is 0.250 e. The van der Waals surface area contributed by atoms with Crippen LogP contribution in [0.4, 0.5) is 0 Å². The van der Waals surface area contributed by atoms with Gasteiger partial charge in [0.25, 0.3) is 0 Å². The minimum absolute atomic E-state index is 0. The predicted molar refractivity (Wildman–Crippen MR) is 84.0 cm³/mol. The first-order valence-corrected chi connectivity index (χ1v) is 8.46. The molecule has 1 aromatic rings. The third kappa shape index (κ3) is 4.88. The molecule has 0 spiro atoms. The van der Waals surface area contributed by atoms with Gasteiger partial charge >= 0.3 is 0 Å². The Labute approximate surface area is 130 Å². The first-order valence-electron chi connectivity index (χ1n) is 5.78. The summed E-state index contributed by atoms with van der Waals surface area (Å²) in [6.45, 7) is 5.91. The molecular weight excluding hydrogens is 327 g/mol. The first-order chi connectivity index (χ1) is 8.24. The maximum Gasteiger partial charge on any atom is 0.250 e.